The summed E-state index contributed by atoms with van der Waals surface area (Å²) >= 11 is 0. The molecule has 2 rings (SSSR count). The lowest BCUT2D eigenvalue weighted by Gasteiger charge is -2.13. The quantitative estimate of drug-likeness (QED) is 0.280. The van der Waals surface area contributed by atoms with Crippen LogP contribution in [0.1, 0.15) is 44.9 Å². The first-order chi connectivity index (χ1) is 14.1. The Morgan fingerprint density at radius 3 is 2.10 bits per heavy atom. The number of hydrogen-bond donors (Lipinski definition) is 1. The first-order valence-corrected chi connectivity index (χ1v) is 9.07. The van der Waals surface area contributed by atoms with Gasteiger partial charge in [-0.3, -0.25) is 19.3 Å². The van der Waals surface area contributed by atoms with Crippen LogP contribution in [0.2, 0.25) is 0 Å². The number of ether oxygens (including phenoxy) is 2. The van der Waals surface area contributed by atoms with E-state index in [0.717, 1.165) is 4.90 Å². The third-order valence-electron chi connectivity index (χ3n) is 4.10. The highest BCUT2D eigenvalue weighted by molar-refractivity contribution is 6.22. The Hall–Kier alpha value is -3.75. The molecule has 0 fully saturated rings. The lowest BCUT2D eigenvalue weighted by atomic mass is 10.1. The molecule has 3 amide bonds. The fourth-order valence-corrected chi connectivity index (χ4v) is 2.52. The number of fused-ring (bicyclic) bond motifs is 1. The lowest BCUT2D eigenvalue weighted by Crippen LogP contribution is -2.33. The van der Waals surface area contributed by atoms with Crippen molar-refractivity contribution in [1.82, 2.24) is 10.2 Å². The minimum atomic E-state index is -0.612. The molecule has 0 aliphatic carbocycles. The van der Waals surface area contributed by atoms with Crippen LogP contribution in [0.4, 0.5) is 0 Å². The van der Waals surface area contributed by atoms with E-state index in [2.05, 4.69) is 18.5 Å². The number of carbonyl (C=O) groups excluding carboxylic acids is 5. The lowest BCUT2D eigenvalue weighted by molar-refractivity contribution is -0.139. The highest BCUT2D eigenvalue weighted by Crippen LogP contribution is 2.24. The van der Waals surface area contributed by atoms with Crippen LogP contribution in [0.15, 0.2) is 42.5 Å². The third kappa shape index (κ3) is 5.19. The van der Waals surface area contributed by atoms with E-state index >= 15 is 0 Å². The van der Waals surface area contributed by atoms with E-state index < -0.39 is 29.7 Å². The summed E-state index contributed by atoms with van der Waals surface area (Å²) < 4.78 is 9.80. The second kappa shape index (κ2) is 9.64. The third-order valence-corrected chi connectivity index (χ3v) is 4.10. The summed E-state index contributed by atoms with van der Waals surface area (Å²) in [5.74, 6) is -2.76. The molecule has 1 aliphatic rings. The van der Waals surface area contributed by atoms with Gasteiger partial charge in [-0.25, -0.2) is 9.59 Å². The van der Waals surface area contributed by atoms with Gasteiger partial charge in [-0.2, -0.15) is 0 Å². The highest BCUT2D eigenvalue weighted by atomic mass is 16.5. The molecule has 0 atom stereocenters. The van der Waals surface area contributed by atoms with E-state index in [1.165, 1.54) is 32.0 Å². The van der Waals surface area contributed by atoms with Crippen LogP contribution in [0, 0.1) is 0 Å². The minimum Gasteiger partial charge on any atom is -0.460 e. The average molecular weight is 414 g/mol. The number of nitrogens with one attached hydrogen (secondary N) is 1. The summed E-state index contributed by atoms with van der Waals surface area (Å²) in [6.07, 6.45) is 0. The second-order valence-corrected chi connectivity index (χ2v) is 6.61. The van der Waals surface area contributed by atoms with Crippen LogP contribution in [0.25, 0.3) is 0 Å². The fourth-order valence-electron chi connectivity index (χ4n) is 2.52. The van der Waals surface area contributed by atoms with Gasteiger partial charge in [0.1, 0.15) is 13.2 Å². The van der Waals surface area contributed by atoms with Gasteiger partial charge in [0.05, 0.1) is 24.2 Å². The van der Waals surface area contributed by atoms with Gasteiger partial charge in [-0.1, -0.05) is 13.2 Å². The Morgan fingerprint density at radius 2 is 1.50 bits per heavy atom. The SMILES string of the molecule is C=C(C)C(=O)OCCNC(=O)c1ccc2c(c1)C(=O)N(CCOC(=O)C(=C)C)C2=O. The average Bonchev–Trinajstić information content (AvgIpc) is 2.94. The molecule has 0 saturated carbocycles. The number of hydrogen-bond acceptors (Lipinski definition) is 7. The van der Waals surface area contributed by atoms with Gasteiger partial charge in [0, 0.05) is 16.7 Å². The fraction of sp³-hybridized carbons (Fsp3) is 0.286. The van der Waals surface area contributed by atoms with Crippen molar-refractivity contribution >= 4 is 29.7 Å². The Bertz CT molecular complexity index is 949. The van der Waals surface area contributed by atoms with Gasteiger partial charge in [-0.15, -0.1) is 0 Å². The molecule has 9 nitrogen and oxygen atoms in total. The molecule has 1 N–H and O–H groups in total. The first kappa shape index (κ1) is 22.5. The Labute approximate surface area is 173 Å². The van der Waals surface area contributed by atoms with Crippen LogP contribution in [0.5, 0.6) is 0 Å². The Morgan fingerprint density at radius 1 is 0.933 bits per heavy atom. The molecule has 0 radical (unpaired) electrons. The summed E-state index contributed by atoms with van der Waals surface area (Å²) in [4.78, 5) is 60.9. The smallest absolute Gasteiger partial charge is 0.333 e. The standard InChI is InChI=1S/C21H22N2O7/c1-12(2)20(27)29-9-7-22-17(24)14-5-6-15-16(11-14)19(26)23(18(15)25)8-10-30-21(28)13(3)4/h5-6,11H,1,3,7-10H2,2,4H3,(H,22,24). The van der Waals surface area contributed by atoms with Crippen molar-refractivity contribution in [2.45, 2.75) is 13.8 Å². The molecular formula is C21H22N2O7. The molecule has 1 aromatic carbocycles. The maximum Gasteiger partial charge on any atom is 0.333 e. The Kier molecular flexibility index (Phi) is 7.24. The van der Waals surface area contributed by atoms with Crippen molar-refractivity contribution in [1.29, 1.82) is 0 Å². The number of imide groups is 1. The number of benzene rings is 1. The van der Waals surface area contributed by atoms with Crippen molar-refractivity contribution in [3.05, 3.63) is 59.2 Å². The number of nitrogens with zero attached hydrogens (tertiary/aromatic N) is 1. The van der Waals surface area contributed by atoms with E-state index in [4.69, 9.17) is 9.47 Å². The van der Waals surface area contributed by atoms with Gasteiger partial charge in [0.15, 0.2) is 0 Å². The van der Waals surface area contributed by atoms with Crippen molar-refractivity contribution in [3.8, 4) is 0 Å². The van der Waals surface area contributed by atoms with Gasteiger partial charge in [-0.05, 0) is 32.0 Å². The monoisotopic (exact) mass is 414 g/mol. The summed E-state index contributed by atoms with van der Waals surface area (Å²) in [5.41, 5.74) is 0.895. The molecule has 1 heterocycles. The number of esters is 2. The molecule has 30 heavy (non-hydrogen) atoms. The van der Waals surface area contributed by atoms with Crippen molar-refractivity contribution < 1.29 is 33.4 Å². The van der Waals surface area contributed by atoms with E-state index in [-0.39, 0.29) is 54.1 Å². The number of amides is 3. The van der Waals surface area contributed by atoms with Crippen molar-refractivity contribution in [2.24, 2.45) is 0 Å². The second-order valence-electron chi connectivity index (χ2n) is 6.61. The summed E-state index contributed by atoms with van der Waals surface area (Å²) in [5, 5.41) is 2.56. The van der Waals surface area contributed by atoms with Crippen LogP contribution in [-0.4, -0.2) is 60.9 Å². The molecule has 0 saturated heterocycles. The topological polar surface area (TPSA) is 119 Å². The van der Waals surface area contributed by atoms with Gasteiger partial charge >= 0.3 is 11.9 Å². The van der Waals surface area contributed by atoms with E-state index in [1.807, 2.05) is 0 Å². The van der Waals surface area contributed by atoms with Gasteiger partial charge in [0.25, 0.3) is 17.7 Å². The van der Waals surface area contributed by atoms with Gasteiger partial charge < -0.3 is 14.8 Å². The molecular weight excluding hydrogens is 392 g/mol. The number of carbonyl (C=O) groups is 5. The zero-order chi connectivity index (χ0) is 22.4. The predicted octanol–water partition coefficient (Wildman–Crippen LogP) is 1.25. The van der Waals surface area contributed by atoms with E-state index in [9.17, 15) is 24.0 Å². The molecule has 1 aliphatic heterocycles. The minimum absolute atomic E-state index is 0.0313. The maximum absolute atomic E-state index is 12.5. The summed E-state index contributed by atoms with van der Waals surface area (Å²) in [7, 11) is 0. The molecule has 0 bridgehead atoms. The van der Waals surface area contributed by atoms with E-state index in [1.54, 1.807) is 0 Å². The first-order valence-electron chi connectivity index (χ1n) is 9.07. The maximum atomic E-state index is 12.5. The summed E-state index contributed by atoms with van der Waals surface area (Å²) in [6.45, 7) is 9.67. The zero-order valence-electron chi connectivity index (χ0n) is 16.8. The van der Waals surface area contributed by atoms with E-state index in [0.29, 0.717) is 0 Å². The molecule has 0 aromatic heterocycles. The zero-order valence-corrected chi connectivity index (χ0v) is 16.8. The van der Waals surface area contributed by atoms with Crippen LogP contribution < -0.4 is 5.32 Å². The molecule has 158 valence electrons. The number of rotatable bonds is 9. The molecule has 0 spiro atoms. The highest BCUT2D eigenvalue weighted by Gasteiger charge is 2.35. The van der Waals surface area contributed by atoms with Crippen molar-refractivity contribution in [3.63, 3.8) is 0 Å². The molecule has 1 aromatic rings. The predicted molar refractivity (Wildman–Crippen MR) is 106 cm³/mol. The normalized spacial score (nSPS) is 12.3. The van der Waals surface area contributed by atoms with Crippen LogP contribution in [0.3, 0.4) is 0 Å². The van der Waals surface area contributed by atoms with Crippen LogP contribution >= 0.6 is 0 Å². The summed E-state index contributed by atoms with van der Waals surface area (Å²) in [6, 6.07) is 4.14. The Balaban J connectivity index is 1.96. The largest absolute Gasteiger partial charge is 0.460 e. The van der Waals surface area contributed by atoms with Gasteiger partial charge in [0.2, 0.25) is 0 Å². The molecule has 0 unspecified atom stereocenters. The molecule has 9 heteroatoms. The van der Waals surface area contributed by atoms with Crippen LogP contribution in [-0.2, 0) is 19.1 Å². The van der Waals surface area contributed by atoms with Crippen molar-refractivity contribution in [2.75, 3.05) is 26.3 Å².